The fourth-order valence-electron chi connectivity index (χ4n) is 1.91. The molecule has 4 unspecified atom stereocenters. The molecule has 0 aromatic rings. The molecule has 0 amide bonds. The first-order chi connectivity index (χ1) is 7.24. The van der Waals surface area contributed by atoms with Crippen LogP contribution in [0.4, 0.5) is 0 Å². The normalized spacial score (nSPS) is 41.2. The van der Waals surface area contributed by atoms with E-state index in [1.54, 1.807) is 0 Å². The third-order valence-corrected chi connectivity index (χ3v) is 2.68. The number of ether oxygens (including phenoxy) is 4. The van der Waals surface area contributed by atoms with Gasteiger partial charge in [0.1, 0.15) is 0 Å². The van der Waals surface area contributed by atoms with E-state index in [9.17, 15) is 0 Å². The fraction of sp³-hybridized carbons (Fsp3) is 1.00. The summed E-state index contributed by atoms with van der Waals surface area (Å²) in [5.41, 5.74) is 0. The van der Waals surface area contributed by atoms with E-state index in [-0.39, 0.29) is 24.8 Å². The lowest BCUT2D eigenvalue weighted by Gasteiger charge is -2.12. The lowest BCUT2D eigenvalue weighted by Crippen LogP contribution is -2.13. The molecular formula is C11H20O4. The minimum Gasteiger partial charge on any atom is -0.350 e. The largest absolute Gasteiger partial charge is 0.350 e. The Kier molecular flexibility index (Phi) is 3.97. The highest BCUT2D eigenvalue weighted by Crippen LogP contribution is 2.20. The van der Waals surface area contributed by atoms with Crippen LogP contribution in [0, 0.1) is 0 Å². The average molecular weight is 216 g/mol. The van der Waals surface area contributed by atoms with E-state index >= 15 is 0 Å². The average Bonchev–Trinajstić information content (AvgIpc) is 2.76. The van der Waals surface area contributed by atoms with Crippen LogP contribution in [0.15, 0.2) is 0 Å². The molecule has 0 aromatic carbocycles. The maximum absolute atomic E-state index is 5.54. The second-order valence-corrected chi connectivity index (χ2v) is 4.35. The van der Waals surface area contributed by atoms with E-state index in [0.29, 0.717) is 0 Å². The van der Waals surface area contributed by atoms with Crippen molar-refractivity contribution in [3.63, 3.8) is 0 Å². The van der Waals surface area contributed by atoms with Crippen molar-refractivity contribution in [2.24, 2.45) is 0 Å². The third kappa shape index (κ3) is 3.41. The summed E-state index contributed by atoms with van der Waals surface area (Å²) in [5, 5.41) is 0. The highest BCUT2D eigenvalue weighted by atomic mass is 16.7. The summed E-state index contributed by atoms with van der Waals surface area (Å²) in [6.07, 6.45) is 3.35. The third-order valence-electron chi connectivity index (χ3n) is 2.68. The molecule has 0 saturated carbocycles. The molecule has 4 atom stereocenters. The van der Waals surface area contributed by atoms with Gasteiger partial charge in [-0.1, -0.05) is 0 Å². The van der Waals surface area contributed by atoms with Gasteiger partial charge in [0.25, 0.3) is 0 Å². The molecule has 2 rings (SSSR count). The molecule has 4 nitrogen and oxygen atoms in total. The molecule has 88 valence electrons. The molecule has 0 aliphatic carbocycles. The highest BCUT2D eigenvalue weighted by molar-refractivity contribution is 4.63. The van der Waals surface area contributed by atoms with Crippen molar-refractivity contribution in [2.45, 2.75) is 57.9 Å². The topological polar surface area (TPSA) is 36.9 Å². The zero-order valence-corrected chi connectivity index (χ0v) is 9.48. The summed E-state index contributed by atoms with van der Waals surface area (Å²) >= 11 is 0. The highest BCUT2D eigenvalue weighted by Gasteiger charge is 2.25. The van der Waals surface area contributed by atoms with E-state index < -0.39 is 0 Å². The van der Waals surface area contributed by atoms with Gasteiger partial charge in [0.2, 0.25) is 0 Å². The predicted octanol–water partition coefficient (Wildman–Crippen LogP) is 1.68. The molecule has 0 bridgehead atoms. The molecule has 0 aromatic heterocycles. The Morgan fingerprint density at radius 3 is 1.67 bits per heavy atom. The molecule has 4 heteroatoms. The first-order valence-corrected chi connectivity index (χ1v) is 5.78. The Morgan fingerprint density at radius 1 is 0.867 bits per heavy atom. The minimum absolute atomic E-state index is 0.0150. The Morgan fingerprint density at radius 2 is 1.33 bits per heavy atom. The first-order valence-electron chi connectivity index (χ1n) is 5.78. The minimum atomic E-state index is -0.0150. The van der Waals surface area contributed by atoms with Crippen LogP contribution in [0.2, 0.25) is 0 Å². The maximum atomic E-state index is 5.54. The summed E-state index contributed by atoms with van der Waals surface area (Å²) in [7, 11) is 0. The van der Waals surface area contributed by atoms with Crippen molar-refractivity contribution in [2.75, 3.05) is 13.2 Å². The summed E-state index contributed by atoms with van der Waals surface area (Å²) in [6.45, 7) is 5.51. The number of hydrogen-bond acceptors (Lipinski definition) is 4. The van der Waals surface area contributed by atoms with Gasteiger partial charge in [0.15, 0.2) is 12.6 Å². The van der Waals surface area contributed by atoms with Gasteiger partial charge in [-0.05, 0) is 33.1 Å². The van der Waals surface area contributed by atoms with Crippen molar-refractivity contribution in [3.05, 3.63) is 0 Å². The molecule has 15 heavy (non-hydrogen) atoms. The van der Waals surface area contributed by atoms with Crippen molar-refractivity contribution in [3.8, 4) is 0 Å². The molecule has 2 aliphatic rings. The maximum Gasteiger partial charge on any atom is 0.158 e. The molecule has 0 spiro atoms. The van der Waals surface area contributed by atoms with Crippen LogP contribution in [0.25, 0.3) is 0 Å². The second-order valence-electron chi connectivity index (χ2n) is 4.35. The van der Waals surface area contributed by atoms with E-state index in [1.165, 1.54) is 0 Å². The predicted molar refractivity (Wildman–Crippen MR) is 54.4 cm³/mol. The zero-order valence-electron chi connectivity index (χ0n) is 9.48. The lowest BCUT2D eigenvalue weighted by atomic mass is 10.2. The molecule has 2 aliphatic heterocycles. The Labute approximate surface area is 90.8 Å². The summed E-state index contributed by atoms with van der Waals surface area (Å²) in [4.78, 5) is 0. The van der Waals surface area contributed by atoms with Gasteiger partial charge in [-0.15, -0.1) is 0 Å². The van der Waals surface area contributed by atoms with Crippen LogP contribution in [-0.4, -0.2) is 38.0 Å². The van der Waals surface area contributed by atoms with E-state index in [4.69, 9.17) is 18.9 Å². The Hall–Kier alpha value is -0.160. The molecule has 2 heterocycles. The molecular weight excluding hydrogens is 196 g/mol. The van der Waals surface area contributed by atoms with E-state index in [1.807, 2.05) is 13.8 Å². The quantitative estimate of drug-likeness (QED) is 0.716. The van der Waals surface area contributed by atoms with E-state index in [0.717, 1.165) is 32.5 Å². The zero-order chi connectivity index (χ0) is 10.7. The monoisotopic (exact) mass is 216 g/mol. The van der Waals surface area contributed by atoms with Crippen molar-refractivity contribution in [1.29, 1.82) is 0 Å². The standard InChI is InChI=1S/C11H20O4/c1-8-6-12-10(14-8)4-3-5-11-13-7-9(2)15-11/h8-11H,3-7H2,1-2H3. The van der Waals surface area contributed by atoms with Crippen LogP contribution < -0.4 is 0 Å². The SMILES string of the molecule is CC1COC(CCCC2OCC(C)O2)O1. The number of hydrogen-bond donors (Lipinski definition) is 0. The van der Waals surface area contributed by atoms with Crippen LogP contribution in [-0.2, 0) is 18.9 Å². The molecule has 0 radical (unpaired) electrons. The van der Waals surface area contributed by atoms with Crippen LogP contribution in [0.5, 0.6) is 0 Å². The van der Waals surface area contributed by atoms with Crippen LogP contribution >= 0.6 is 0 Å². The number of rotatable bonds is 4. The molecule has 2 saturated heterocycles. The Balaban J connectivity index is 1.55. The van der Waals surface area contributed by atoms with E-state index in [2.05, 4.69) is 0 Å². The van der Waals surface area contributed by atoms with Crippen LogP contribution in [0.3, 0.4) is 0 Å². The van der Waals surface area contributed by atoms with Crippen molar-refractivity contribution < 1.29 is 18.9 Å². The lowest BCUT2D eigenvalue weighted by molar-refractivity contribution is -0.0789. The van der Waals surface area contributed by atoms with Gasteiger partial charge in [-0.25, -0.2) is 0 Å². The summed E-state index contributed by atoms with van der Waals surface area (Å²) in [6, 6.07) is 0. The summed E-state index contributed by atoms with van der Waals surface area (Å²) < 4.78 is 22.0. The van der Waals surface area contributed by atoms with Gasteiger partial charge in [-0.2, -0.15) is 0 Å². The van der Waals surface area contributed by atoms with Crippen molar-refractivity contribution >= 4 is 0 Å². The fourth-order valence-corrected chi connectivity index (χ4v) is 1.91. The first kappa shape index (κ1) is 11.3. The molecule has 0 N–H and O–H groups in total. The van der Waals surface area contributed by atoms with Gasteiger partial charge in [0, 0.05) is 0 Å². The smallest absolute Gasteiger partial charge is 0.158 e. The van der Waals surface area contributed by atoms with Gasteiger partial charge in [0.05, 0.1) is 25.4 Å². The van der Waals surface area contributed by atoms with Gasteiger partial charge in [-0.3, -0.25) is 0 Å². The summed E-state index contributed by atoms with van der Waals surface area (Å²) in [5.74, 6) is 0. The van der Waals surface area contributed by atoms with Gasteiger partial charge >= 0.3 is 0 Å². The van der Waals surface area contributed by atoms with Crippen molar-refractivity contribution in [1.82, 2.24) is 0 Å². The Bertz CT molecular complexity index is 177. The van der Waals surface area contributed by atoms with Crippen LogP contribution in [0.1, 0.15) is 33.1 Å². The van der Waals surface area contributed by atoms with Gasteiger partial charge < -0.3 is 18.9 Å². The molecule has 2 fully saturated rings. The second kappa shape index (κ2) is 5.25.